The quantitative estimate of drug-likeness (QED) is 0.722. The summed E-state index contributed by atoms with van der Waals surface area (Å²) in [7, 11) is 3.21. The molecule has 150 valence electrons. The molecule has 0 heterocycles. The Morgan fingerprint density at radius 3 is 1.89 bits per heavy atom. The topological polar surface area (TPSA) is 67.9 Å². The van der Waals surface area contributed by atoms with Gasteiger partial charge in [-0.1, -0.05) is 24.3 Å². The minimum Gasteiger partial charge on any atom is -0.497 e. The number of benzene rings is 2. The summed E-state index contributed by atoms with van der Waals surface area (Å²) < 4.78 is 10.3. The summed E-state index contributed by atoms with van der Waals surface area (Å²) in [6.45, 7) is 4.47. The van der Waals surface area contributed by atoms with Gasteiger partial charge in [-0.25, -0.2) is 0 Å². The van der Waals surface area contributed by atoms with Crippen molar-refractivity contribution >= 4 is 11.8 Å². The van der Waals surface area contributed by atoms with E-state index >= 15 is 0 Å². The maximum Gasteiger partial charge on any atom is 0.242 e. The first-order chi connectivity index (χ1) is 13.5. The molecule has 1 atom stereocenters. The number of hydrogen-bond donors (Lipinski definition) is 1. The normalized spacial score (nSPS) is 11.4. The standard InChI is InChI=1S/C22H28N2O4/c1-5-23-22(26)16(2)24(15-18-8-12-20(28-4)13-9-18)21(25)14-17-6-10-19(27-3)11-7-17/h6-13,16H,5,14-15H2,1-4H3,(H,23,26). The molecule has 2 aromatic rings. The molecule has 0 saturated heterocycles. The van der Waals surface area contributed by atoms with Gasteiger partial charge in [0.15, 0.2) is 0 Å². The number of amides is 2. The van der Waals surface area contributed by atoms with E-state index in [4.69, 9.17) is 9.47 Å². The molecule has 1 N–H and O–H groups in total. The van der Waals surface area contributed by atoms with Crippen LogP contribution in [0, 0.1) is 0 Å². The molecular weight excluding hydrogens is 356 g/mol. The number of nitrogens with one attached hydrogen (secondary N) is 1. The largest absolute Gasteiger partial charge is 0.497 e. The summed E-state index contributed by atoms with van der Waals surface area (Å²) in [5, 5.41) is 2.79. The summed E-state index contributed by atoms with van der Waals surface area (Å²) >= 11 is 0. The van der Waals surface area contributed by atoms with Gasteiger partial charge in [-0.05, 0) is 49.2 Å². The van der Waals surface area contributed by atoms with Crippen molar-refractivity contribution in [2.24, 2.45) is 0 Å². The van der Waals surface area contributed by atoms with Crippen molar-refractivity contribution in [1.29, 1.82) is 0 Å². The maximum absolute atomic E-state index is 13.0. The van der Waals surface area contributed by atoms with Gasteiger partial charge in [0, 0.05) is 13.1 Å². The van der Waals surface area contributed by atoms with E-state index in [1.165, 1.54) is 0 Å². The first-order valence-corrected chi connectivity index (χ1v) is 9.31. The summed E-state index contributed by atoms with van der Waals surface area (Å²) in [4.78, 5) is 27.0. The third-order valence-corrected chi connectivity index (χ3v) is 4.54. The lowest BCUT2D eigenvalue weighted by atomic mass is 10.1. The molecule has 0 aliphatic carbocycles. The number of likely N-dealkylation sites (N-methyl/N-ethyl adjacent to an activating group) is 1. The molecule has 6 heteroatoms. The Morgan fingerprint density at radius 2 is 1.43 bits per heavy atom. The highest BCUT2D eigenvalue weighted by molar-refractivity contribution is 5.88. The Labute approximate surface area is 166 Å². The van der Waals surface area contributed by atoms with Gasteiger partial charge in [-0.2, -0.15) is 0 Å². The van der Waals surface area contributed by atoms with Crippen LogP contribution in [-0.2, 0) is 22.6 Å². The van der Waals surface area contributed by atoms with E-state index in [9.17, 15) is 9.59 Å². The number of ether oxygens (including phenoxy) is 2. The minimum absolute atomic E-state index is 0.111. The van der Waals surface area contributed by atoms with Gasteiger partial charge in [0.1, 0.15) is 17.5 Å². The Balaban J connectivity index is 2.19. The van der Waals surface area contributed by atoms with Gasteiger partial charge < -0.3 is 19.7 Å². The molecule has 0 radical (unpaired) electrons. The van der Waals surface area contributed by atoms with Crippen LogP contribution in [0.15, 0.2) is 48.5 Å². The molecule has 0 spiro atoms. The number of nitrogens with zero attached hydrogens (tertiary/aromatic N) is 1. The van der Waals surface area contributed by atoms with Crippen molar-refractivity contribution in [3.63, 3.8) is 0 Å². The van der Waals surface area contributed by atoms with Crippen LogP contribution in [0.4, 0.5) is 0 Å². The molecule has 6 nitrogen and oxygen atoms in total. The number of rotatable bonds is 9. The second kappa shape index (κ2) is 10.3. The zero-order valence-electron chi connectivity index (χ0n) is 16.9. The van der Waals surface area contributed by atoms with Crippen LogP contribution in [-0.4, -0.2) is 43.5 Å². The lowest BCUT2D eigenvalue weighted by Crippen LogP contribution is -2.48. The van der Waals surface area contributed by atoms with E-state index in [1.54, 1.807) is 26.0 Å². The maximum atomic E-state index is 13.0. The Hall–Kier alpha value is -3.02. The summed E-state index contributed by atoms with van der Waals surface area (Å²) in [6.07, 6.45) is 0.212. The fourth-order valence-electron chi connectivity index (χ4n) is 2.85. The molecule has 0 saturated carbocycles. The smallest absolute Gasteiger partial charge is 0.242 e. The van der Waals surface area contributed by atoms with Gasteiger partial charge in [-0.3, -0.25) is 9.59 Å². The SMILES string of the molecule is CCNC(=O)C(C)N(Cc1ccc(OC)cc1)C(=O)Cc1ccc(OC)cc1. The van der Waals surface area contributed by atoms with Crippen molar-refractivity contribution in [1.82, 2.24) is 10.2 Å². The van der Waals surface area contributed by atoms with E-state index < -0.39 is 6.04 Å². The average molecular weight is 384 g/mol. The van der Waals surface area contributed by atoms with Crippen LogP contribution < -0.4 is 14.8 Å². The molecule has 0 aliphatic heterocycles. The fraction of sp³-hybridized carbons (Fsp3) is 0.364. The number of carbonyl (C=O) groups excluding carboxylic acids is 2. The predicted molar refractivity (Wildman–Crippen MR) is 108 cm³/mol. The number of carbonyl (C=O) groups is 2. The monoisotopic (exact) mass is 384 g/mol. The van der Waals surface area contributed by atoms with Crippen LogP contribution in [0.2, 0.25) is 0 Å². The molecule has 0 fully saturated rings. The van der Waals surface area contributed by atoms with Crippen LogP contribution >= 0.6 is 0 Å². The van der Waals surface area contributed by atoms with Crippen molar-refractivity contribution in [2.45, 2.75) is 32.9 Å². The van der Waals surface area contributed by atoms with Crippen LogP contribution in [0.1, 0.15) is 25.0 Å². The van der Waals surface area contributed by atoms with Gasteiger partial charge in [-0.15, -0.1) is 0 Å². The van der Waals surface area contributed by atoms with Gasteiger partial charge in [0.2, 0.25) is 11.8 Å². The number of methoxy groups -OCH3 is 2. The zero-order chi connectivity index (χ0) is 20.5. The Morgan fingerprint density at radius 1 is 0.929 bits per heavy atom. The highest BCUT2D eigenvalue weighted by atomic mass is 16.5. The third kappa shape index (κ3) is 5.74. The summed E-state index contributed by atoms with van der Waals surface area (Å²) in [5.74, 6) is 1.21. The fourth-order valence-corrected chi connectivity index (χ4v) is 2.85. The summed E-state index contributed by atoms with van der Waals surface area (Å²) in [6, 6.07) is 14.3. The van der Waals surface area contributed by atoms with E-state index in [-0.39, 0.29) is 18.2 Å². The molecule has 2 amide bonds. The Kier molecular flexibility index (Phi) is 7.87. The van der Waals surface area contributed by atoms with Gasteiger partial charge in [0.05, 0.1) is 20.6 Å². The first-order valence-electron chi connectivity index (χ1n) is 9.31. The predicted octanol–water partition coefficient (Wildman–Crippen LogP) is 2.80. The Bertz CT molecular complexity index is 772. The lowest BCUT2D eigenvalue weighted by Gasteiger charge is -2.29. The lowest BCUT2D eigenvalue weighted by molar-refractivity contribution is -0.140. The molecule has 0 bridgehead atoms. The molecule has 0 aromatic heterocycles. The molecule has 2 rings (SSSR count). The average Bonchev–Trinajstić information content (AvgIpc) is 2.72. The van der Waals surface area contributed by atoms with Gasteiger partial charge in [0.25, 0.3) is 0 Å². The molecule has 2 aromatic carbocycles. The van der Waals surface area contributed by atoms with Crippen molar-refractivity contribution in [3.05, 3.63) is 59.7 Å². The summed E-state index contributed by atoms with van der Waals surface area (Å²) in [5.41, 5.74) is 1.80. The highest BCUT2D eigenvalue weighted by Gasteiger charge is 2.25. The first kappa shape index (κ1) is 21.3. The van der Waals surface area contributed by atoms with Crippen molar-refractivity contribution < 1.29 is 19.1 Å². The van der Waals surface area contributed by atoms with Gasteiger partial charge >= 0.3 is 0 Å². The second-order valence-corrected chi connectivity index (χ2v) is 6.47. The van der Waals surface area contributed by atoms with E-state index in [2.05, 4.69) is 5.32 Å². The van der Waals surface area contributed by atoms with Crippen molar-refractivity contribution in [3.8, 4) is 11.5 Å². The van der Waals surface area contributed by atoms with Crippen molar-refractivity contribution in [2.75, 3.05) is 20.8 Å². The van der Waals surface area contributed by atoms with Crippen LogP contribution in [0.25, 0.3) is 0 Å². The zero-order valence-corrected chi connectivity index (χ0v) is 16.9. The minimum atomic E-state index is -0.576. The third-order valence-electron chi connectivity index (χ3n) is 4.54. The second-order valence-electron chi connectivity index (χ2n) is 6.47. The van der Waals surface area contributed by atoms with E-state index in [0.29, 0.717) is 13.1 Å². The van der Waals surface area contributed by atoms with E-state index in [1.807, 2.05) is 55.5 Å². The van der Waals surface area contributed by atoms with Crippen LogP contribution in [0.3, 0.4) is 0 Å². The van der Waals surface area contributed by atoms with E-state index in [0.717, 1.165) is 22.6 Å². The highest BCUT2D eigenvalue weighted by Crippen LogP contribution is 2.17. The molecule has 28 heavy (non-hydrogen) atoms. The molecular formula is C22H28N2O4. The molecule has 1 unspecified atom stereocenters. The number of hydrogen-bond acceptors (Lipinski definition) is 4. The van der Waals surface area contributed by atoms with Crippen LogP contribution in [0.5, 0.6) is 11.5 Å². The molecule has 0 aliphatic rings.